The monoisotopic (exact) mass is 422 g/mol. The van der Waals surface area contributed by atoms with Gasteiger partial charge >= 0.3 is 0 Å². The van der Waals surface area contributed by atoms with Crippen molar-refractivity contribution in [1.82, 2.24) is 25.0 Å². The Morgan fingerprint density at radius 3 is 2.65 bits per heavy atom. The molecule has 4 rings (SSSR count). The fraction of sp³-hybridized carbons (Fsp3) is 0.286. The highest BCUT2D eigenvalue weighted by atomic mass is 16.6. The van der Waals surface area contributed by atoms with E-state index in [1.807, 2.05) is 18.2 Å². The fourth-order valence-electron chi connectivity index (χ4n) is 3.50. The van der Waals surface area contributed by atoms with Gasteiger partial charge < -0.3 is 10.1 Å². The van der Waals surface area contributed by atoms with Gasteiger partial charge in [-0.25, -0.2) is 9.67 Å². The average Bonchev–Trinajstić information content (AvgIpc) is 3.33. The maximum atomic E-state index is 12.7. The van der Waals surface area contributed by atoms with Crippen molar-refractivity contribution >= 4 is 11.6 Å². The molecule has 0 spiro atoms. The van der Waals surface area contributed by atoms with Gasteiger partial charge in [0, 0.05) is 37.8 Å². The Labute approximate surface area is 178 Å². The molecule has 0 atom stereocenters. The molecule has 2 aromatic carbocycles. The fourth-order valence-corrected chi connectivity index (χ4v) is 3.50. The van der Waals surface area contributed by atoms with Crippen LogP contribution in [-0.2, 0) is 17.8 Å². The van der Waals surface area contributed by atoms with Crippen LogP contribution in [0, 0.1) is 10.1 Å². The van der Waals surface area contributed by atoms with E-state index < -0.39 is 4.92 Å². The van der Waals surface area contributed by atoms with Gasteiger partial charge in [-0.15, -0.1) is 0 Å². The first kappa shape index (κ1) is 20.6. The van der Waals surface area contributed by atoms with Crippen LogP contribution in [0.5, 0.6) is 0 Å². The zero-order valence-corrected chi connectivity index (χ0v) is 16.8. The molecule has 1 N–H and O–H groups in total. The molecule has 0 radical (unpaired) electrons. The van der Waals surface area contributed by atoms with Gasteiger partial charge in [-0.3, -0.25) is 19.8 Å². The van der Waals surface area contributed by atoms with Crippen LogP contribution in [0.15, 0.2) is 55.1 Å². The number of carbonyl (C=O) groups is 1. The predicted molar refractivity (Wildman–Crippen MR) is 112 cm³/mol. The Morgan fingerprint density at radius 1 is 1.16 bits per heavy atom. The summed E-state index contributed by atoms with van der Waals surface area (Å²) in [6.45, 7) is 4.32. The number of nitro groups is 1. The van der Waals surface area contributed by atoms with Crippen LogP contribution in [0.1, 0.15) is 21.5 Å². The molecular formula is C21H22N6O4. The summed E-state index contributed by atoms with van der Waals surface area (Å²) in [5.74, 6) is -0.380. The SMILES string of the molecule is O=C(NCc1ccccc1CN1CCOCC1)c1ccc(-n2cncn2)c([N+](=O)[O-])c1. The number of aromatic nitrogens is 3. The minimum absolute atomic E-state index is 0.209. The molecule has 10 nitrogen and oxygen atoms in total. The summed E-state index contributed by atoms with van der Waals surface area (Å²) in [6.07, 6.45) is 2.66. The van der Waals surface area contributed by atoms with E-state index in [0.29, 0.717) is 6.54 Å². The van der Waals surface area contributed by atoms with E-state index in [1.165, 1.54) is 29.5 Å². The maximum absolute atomic E-state index is 12.7. The minimum Gasteiger partial charge on any atom is -0.379 e. The van der Waals surface area contributed by atoms with E-state index in [1.54, 1.807) is 6.07 Å². The molecule has 1 amide bonds. The largest absolute Gasteiger partial charge is 0.379 e. The third-order valence-corrected chi connectivity index (χ3v) is 5.16. The maximum Gasteiger partial charge on any atom is 0.295 e. The van der Waals surface area contributed by atoms with Crippen LogP contribution in [0.2, 0.25) is 0 Å². The quantitative estimate of drug-likeness (QED) is 0.457. The van der Waals surface area contributed by atoms with Gasteiger partial charge in [0.2, 0.25) is 0 Å². The van der Waals surface area contributed by atoms with Gasteiger partial charge in [0.15, 0.2) is 0 Å². The van der Waals surface area contributed by atoms with E-state index in [4.69, 9.17) is 4.74 Å². The van der Waals surface area contributed by atoms with Crippen molar-refractivity contribution in [3.8, 4) is 5.69 Å². The zero-order chi connectivity index (χ0) is 21.6. The minimum atomic E-state index is -0.536. The smallest absolute Gasteiger partial charge is 0.295 e. The lowest BCUT2D eigenvalue weighted by molar-refractivity contribution is -0.384. The number of morpholine rings is 1. The number of carbonyl (C=O) groups excluding carboxylic acids is 1. The van der Waals surface area contributed by atoms with Crippen molar-refractivity contribution in [2.45, 2.75) is 13.1 Å². The highest BCUT2D eigenvalue weighted by Gasteiger charge is 2.20. The van der Waals surface area contributed by atoms with Crippen LogP contribution in [-0.4, -0.2) is 56.8 Å². The molecule has 3 aromatic rings. The Hall–Kier alpha value is -3.63. The Morgan fingerprint density at radius 2 is 1.94 bits per heavy atom. The third-order valence-electron chi connectivity index (χ3n) is 5.16. The number of nitrogens with one attached hydrogen (secondary N) is 1. The third kappa shape index (κ3) is 4.93. The van der Waals surface area contributed by atoms with Crippen molar-refractivity contribution in [1.29, 1.82) is 0 Å². The van der Waals surface area contributed by atoms with Crippen LogP contribution < -0.4 is 5.32 Å². The van der Waals surface area contributed by atoms with E-state index in [0.717, 1.165) is 44.0 Å². The van der Waals surface area contributed by atoms with Gasteiger partial charge in [0.05, 0.1) is 18.1 Å². The van der Waals surface area contributed by atoms with Gasteiger partial charge in [0.25, 0.3) is 11.6 Å². The van der Waals surface area contributed by atoms with Crippen molar-refractivity contribution < 1.29 is 14.5 Å². The molecule has 1 fully saturated rings. The topological polar surface area (TPSA) is 115 Å². The molecule has 31 heavy (non-hydrogen) atoms. The summed E-state index contributed by atoms with van der Waals surface area (Å²) in [5, 5.41) is 18.3. The van der Waals surface area contributed by atoms with Gasteiger partial charge in [-0.2, -0.15) is 5.10 Å². The molecule has 160 valence electrons. The first-order chi connectivity index (χ1) is 15.1. The molecule has 0 saturated carbocycles. The van der Waals surface area contributed by atoms with Crippen molar-refractivity contribution in [3.05, 3.63) is 81.9 Å². The lowest BCUT2D eigenvalue weighted by Crippen LogP contribution is -2.36. The van der Waals surface area contributed by atoms with Crippen LogP contribution in [0.3, 0.4) is 0 Å². The van der Waals surface area contributed by atoms with Crippen molar-refractivity contribution in [3.63, 3.8) is 0 Å². The number of rotatable bonds is 7. The standard InChI is InChI=1S/C21H22N6O4/c28-21(16-5-6-19(20(11-16)27(29)30)26-15-22-14-24-26)23-12-17-3-1-2-4-18(17)13-25-7-9-31-10-8-25/h1-6,11,14-15H,7-10,12-13H2,(H,23,28). The lowest BCUT2D eigenvalue weighted by Gasteiger charge is -2.27. The van der Waals surface area contributed by atoms with Crippen LogP contribution >= 0.6 is 0 Å². The normalized spacial score (nSPS) is 14.3. The number of benzene rings is 2. The molecular weight excluding hydrogens is 400 g/mol. The molecule has 1 aromatic heterocycles. The number of amides is 1. The number of hydrogen-bond acceptors (Lipinski definition) is 7. The Bertz CT molecular complexity index is 1060. The molecule has 0 unspecified atom stereocenters. The summed E-state index contributed by atoms with van der Waals surface area (Å²) in [4.78, 5) is 29.8. The molecule has 2 heterocycles. The summed E-state index contributed by atoms with van der Waals surface area (Å²) in [7, 11) is 0. The molecule has 1 saturated heterocycles. The number of nitro benzene ring substituents is 1. The highest BCUT2D eigenvalue weighted by Crippen LogP contribution is 2.23. The highest BCUT2D eigenvalue weighted by molar-refractivity contribution is 5.95. The first-order valence-corrected chi connectivity index (χ1v) is 9.90. The van der Waals surface area contributed by atoms with Crippen LogP contribution in [0.4, 0.5) is 5.69 Å². The molecule has 1 aliphatic heterocycles. The molecule has 0 aliphatic carbocycles. The van der Waals surface area contributed by atoms with E-state index in [-0.39, 0.29) is 22.8 Å². The summed E-state index contributed by atoms with van der Waals surface area (Å²) in [6, 6.07) is 12.2. The second-order valence-corrected chi connectivity index (χ2v) is 7.14. The molecule has 0 bridgehead atoms. The van der Waals surface area contributed by atoms with Gasteiger partial charge in [-0.1, -0.05) is 24.3 Å². The van der Waals surface area contributed by atoms with Gasteiger partial charge in [0.1, 0.15) is 18.3 Å². The van der Waals surface area contributed by atoms with Crippen LogP contribution in [0.25, 0.3) is 5.69 Å². The summed E-state index contributed by atoms with van der Waals surface area (Å²) < 4.78 is 6.69. The number of hydrogen-bond donors (Lipinski definition) is 1. The molecule has 1 aliphatic rings. The second kappa shape index (κ2) is 9.45. The Balaban J connectivity index is 1.47. The summed E-state index contributed by atoms with van der Waals surface area (Å²) >= 11 is 0. The predicted octanol–water partition coefficient (Wildman–Crippen LogP) is 1.94. The van der Waals surface area contributed by atoms with Gasteiger partial charge in [-0.05, 0) is 23.3 Å². The Kier molecular flexibility index (Phi) is 6.29. The number of ether oxygens (including phenoxy) is 1. The first-order valence-electron chi connectivity index (χ1n) is 9.90. The van der Waals surface area contributed by atoms with E-state index in [2.05, 4.69) is 26.4 Å². The zero-order valence-electron chi connectivity index (χ0n) is 16.8. The van der Waals surface area contributed by atoms with Crippen molar-refractivity contribution in [2.75, 3.05) is 26.3 Å². The van der Waals surface area contributed by atoms with Crippen molar-refractivity contribution in [2.24, 2.45) is 0 Å². The average molecular weight is 422 g/mol. The summed E-state index contributed by atoms with van der Waals surface area (Å²) in [5.41, 5.74) is 2.38. The number of nitrogens with zero attached hydrogens (tertiary/aromatic N) is 5. The molecule has 10 heteroatoms. The second-order valence-electron chi connectivity index (χ2n) is 7.14. The lowest BCUT2D eigenvalue weighted by atomic mass is 10.1. The van der Waals surface area contributed by atoms with E-state index in [9.17, 15) is 14.9 Å². The van der Waals surface area contributed by atoms with E-state index >= 15 is 0 Å².